The van der Waals surface area contributed by atoms with Crippen LogP contribution in [0.1, 0.15) is 19.5 Å². The Labute approximate surface area is 147 Å². The number of aromatic nitrogens is 2. The van der Waals surface area contributed by atoms with Crippen LogP contribution in [0.2, 0.25) is 0 Å². The van der Waals surface area contributed by atoms with Gasteiger partial charge in [0.1, 0.15) is 6.33 Å². The van der Waals surface area contributed by atoms with E-state index < -0.39 is 0 Å². The van der Waals surface area contributed by atoms with E-state index in [0.717, 1.165) is 5.57 Å². The maximum atomic E-state index is 12.6. The van der Waals surface area contributed by atoms with Gasteiger partial charge in [-0.3, -0.25) is 4.57 Å². The molecule has 1 aliphatic heterocycles. The number of carbonyl (C=O) groups excluding carboxylic acids is 2. The molecule has 134 valence electrons. The van der Waals surface area contributed by atoms with Gasteiger partial charge < -0.3 is 14.5 Å². The highest BCUT2D eigenvalue weighted by Gasteiger charge is 2.25. The van der Waals surface area contributed by atoms with Gasteiger partial charge in [0.05, 0.1) is 12.3 Å². The summed E-state index contributed by atoms with van der Waals surface area (Å²) in [5.41, 5.74) is 1.53. The number of hydrogen-bond donors (Lipinski definition) is 0. The molecule has 1 saturated heterocycles. The van der Waals surface area contributed by atoms with Crippen molar-refractivity contribution in [1.82, 2.24) is 19.4 Å². The maximum Gasteiger partial charge on any atom is 0.409 e. The van der Waals surface area contributed by atoms with Crippen LogP contribution in [0.15, 0.2) is 43.4 Å². The van der Waals surface area contributed by atoms with E-state index in [1.54, 1.807) is 29.0 Å². The lowest BCUT2D eigenvalue weighted by Crippen LogP contribution is -2.51. The predicted molar refractivity (Wildman–Crippen MR) is 96.2 cm³/mol. The van der Waals surface area contributed by atoms with Crippen LogP contribution >= 0.6 is 0 Å². The summed E-state index contributed by atoms with van der Waals surface area (Å²) in [6.45, 7) is 9.69. The molecule has 1 aromatic rings. The first kappa shape index (κ1) is 18.5. The van der Waals surface area contributed by atoms with Crippen molar-refractivity contribution in [2.45, 2.75) is 13.8 Å². The summed E-state index contributed by atoms with van der Waals surface area (Å²) in [7, 11) is 0. The third-order valence-electron chi connectivity index (χ3n) is 3.86. The molecule has 0 N–H and O–H groups in total. The van der Waals surface area contributed by atoms with Gasteiger partial charge in [-0.05, 0) is 13.8 Å². The standard InChI is InChI=1S/C18H24N4O3/c1-4-7-8-15(5-2)16-13-22(14-19-16)17(23)20-9-11-21(12-10-20)18(24)25-6-3/h4-5,7-8,13-14H,2,6,9-12H2,1,3H3/b7-4-,15-8+. The zero-order chi connectivity index (χ0) is 18.2. The summed E-state index contributed by atoms with van der Waals surface area (Å²) in [4.78, 5) is 31.9. The van der Waals surface area contributed by atoms with E-state index in [0.29, 0.717) is 38.5 Å². The molecule has 0 aromatic carbocycles. The average molecular weight is 344 g/mol. The molecule has 0 aliphatic carbocycles. The molecule has 7 nitrogen and oxygen atoms in total. The van der Waals surface area contributed by atoms with Gasteiger partial charge in [-0.25, -0.2) is 14.6 Å². The van der Waals surface area contributed by atoms with Crippen molar-refractivity contribution in [3.63, 3.8) is 0 Å². The summed E-state index contributed by atoms with van der Waals surface area (Å²) in [5, 5.41) is 0. The third kappa shape index (κ3) is 4.59. The molecule has 0 saturated carbocycles. The number of nitrogens with zero attached hydrogens (tertiary/aromatic N) is 4. The van der Waals surface area contributed by atoms with Crippen LogP contribution < -0.4 is 0 Å². The van der Waals surface area contributed by atoms with E-state index in [2.05, 4.69) is 11.6 Å². The molecule has 1 fully saturated rings. The van der Waals surface area contributed by atoms with Gasteiger partial charge in [-0.2, -0.15) is 0 Å². The van der Waals surface area contributed by atoms with E-state index in [1.807, 2.05) is 25.2 Å². The SMILES string of the molecule is C=C/C(=C\C=C/C)c1cn(C(=O)N2CCN(C(=O)OCC)CC2)cn1. The Morgan fingerprint density at radius 1 is 1.28 bits per heavy atom. The van der Waals surface area contributed by atoms with Crippen molar-refractivity contribution in [2.24, 2.45) is 0 Å². The average Bonchev–Trinajstić information content (AvgIpc) is 3.12. The van der Waals surface area contributed by atoms with Crippen molar-refractivity contribution in [3.05, 3.63) is 49.1 Å². The fourth-order valence-corrected chi connectivity index (χ4v) is 2.49. The van der Waals surface area contributed by atoms with Crippen LogP contribution in [-0.4, -0.2) is 64.3 Å². The summed E-state index contributed by atoms with van der Waals surface area (Å²) in [6.07, 6.45) is 10.3. The quantitative estimate of drug-likeness (QED) is 0.788. The number of allylic oxidation sites excluding steroid dienone is 5. The highest BCUT2D eigenvalue weighted by atomic mass is 16.6. The van der Waals surface area contributed by atoms with E-state index in [9.17, 15) is 9.59 Å². The van der Waals surface area contributed by atoms with Gasteiger partial charge in [0.15, 0.2) is 0 Å². The van der Waals surface area contributed by atoms with Crippen LogP contribution in [0.5, 0.6) is 0 Å². The number of amides is 2. The highest BCUT2D eigenvalue weighted by Crippen LogP contribution is 2.14. The molecule has 1 aromatic heterocycles. The Hall–Kier alpha value is -2.83. The van der Waals surface area contributed by atoms with E-state index in [1.165, 1.54) is 10.9 Å². The van der Waals surface area contributed by atoms with Crippen molar-refractivity contribution in [3.8, 4) is 0 Å². The summed E-state index contributed by atoms with van der Waals surface area (Å²) >= 11 is 0. The lowest BCUT2D eigenvalue weighted by Gasteiger charge is -2.33. The fourth-order valence-electron chi connectivity index (χ4n) is 2.49. The molecular weight excluding hydrogens is 320 g/mol. The summed E-state index contributed by atoms with van der Waals surface area (Å²) < 4.78 is 6.44. The minimum absolute atomic E-state index is 0.156. The number of hydrogen-bond acceptors (Lipinski definition) is 4. The van der Waals surface area contributed by atoms with Gasteiger partial charge in [-0.15, -0.1) is 0 Å². The largest absolute Gasteiger partial charge is 0.450 e. The first-order chi connectivity index (χ1) is 12.1. The zero-order valence-corrected chi connectivity index (χ0v) is 14.7. The molecule has 2 rings (SSSR count). The Balaban J connectivity index is 2.00. The smallest absolute Gasteiger partial charge is 0.409 e. The number of imidazole rings is 1. The third-order valence-corrected chi connectivity index (χ3v) is 3.86. The summed E-state index contributed by atoms with van der Waals surface area (Å²) in [6, 6.07) is -0.156. The van der Waals surface area contributed by atoms with Crippen LogP contribution in [0.4, 0.5) is 9.59 Å². The maximum absolute atomic E-state index is 12.6. The van der Waals surface area contributed by atoms with Crippen molar-refractivity contribution in [2.75, 3.05) is 32.8 Å². The molecule has 0 atom stereocenters. The summed E-state index contributed by atoms with van der Waals surface area (Å²) in [5.74, 6) is 0. The molecule has 7 heteroatoms. The Bertz CT molecular complexity index is 682. The van der Waals surface area contributed by atoms with Gasteiger partial charge >= 0.3 is 12.1 Å². The molecule has 0 unspecified atom stereocenters. The lowest BCUT2D eigenvalue weighted by atomic mass is 10.2. The van der Waals surface area contributed by atoms with Crippen molar-refractivity contribution < 1.29 is 14.3 Å². The monoisotopic (exact) mass is 344 g/mol. The topological polar surface area (TPSA) is 67.7 Å². The Kier molecular flexibility index (Phi) is 6.56. The zero-order valence-electron chi connectivity index (χ0n) is 14.7. The van der Waals surface area contributed by atoms with Gasteiger partial charge in [0, 0.05) is 37.9 Å². The fraction of sp³-hybridized carbons (Fsp3) is 0.389. The first-order valence-electron chi connectivity index (χ1n) is 8.31. The Morgan fingerprint density at radius 3 is 2.56 bits per heavy atom. The van der Waals surface area contributed by atoms with Crippen molar-refractivity contribution >= 4 is 17.7 Å². The minimum Gasteiger partial charge on any atom is -0.450 e. The molecule has 25 heavy (non-hydrogen) atoms. The number of rotatable bonds is 4. The molecule has 0 bridgehead atoms. The molecule has 0 spiro atoms. The van der Waals surface area contributed by atoms with Crippen LogP contribution in [0.25, 0.3) is 5.57 Å². The second-order valence-corrected chi connectivity index (χ2v) is 5.47. The van der Waals surface area contributed by atoms with Crippen LogP contribution in [0.3, 0.4) is 0 Å². The highest BCUT2D eigenvalue weighted by molar-refractivity contribution is 5.79. The van der Waals surface area contributed by atoms with E-state index >= 15 is 0 Å². The molecule has 2 amide bonds. The van der Waals surface area contributed by atoms with Gasteiger partial charge in [-0.1, -0.05) is 30.9 Å². The number of carbonyl (C=O) groups is 2. The second-order valence-electron chi connectivity index (χ2n) is 5.47. The second kappa shape index (κ2) is 8.86. The lowest BCUT2D eigenvalue weighted by molar-refractivity contribution is 0.0854. The Morgan fingerprint density at radius 2 is 1.96 bits per heavy atom. The van der Waals surface area contributed by atoms with Crippen molar-refractivity contribution in [1.29, 1.82) is 0 Å². The van der Waals surface area contributed by atoms with Crippen LogP contribution in [0, 0.1) is 0 Å². The predicted octanol–water partition coefficient (Wildman–Crippen LogP) is 2.77. The van der Waals surface area contributed by atoms with Gasteiger partial charge in [0.2, 0.25) is 0 Å². The molecular formula is C18H24N4O3. The minimum atomic E-state index is -0.329. The number of ether oxygens (including phenoxy) is 1. The van der Waals surface area contributed by atoms with Gasteiger partial charge in [0.25, 0.3) is 0 Å². The number of piperazine rings is 1. The molecule has 1 aliphatic rings. The first-order valence-corrected chi connectivity index (χ1v) is 8.31. The molecule has 2 heterocycles. The van der Waals surface area contributed by atoms with E-state index in [4.69, 9.17) is 4.74 Å². The van der Waals surface area contributed by atoms with Crippen LogP contribution in [-0.2, 0) is 4.74 Å². The van der Waals surface area contributed by atoms with E-state index in [-0.39, 0.29) is 12.1 Å². The normalized spacial score (nSPS) is 15.5. The molecule has 0 radical (unpaired) electrons.